The van der Waals surface area contributed by atoms with Crippen molar-refractivity contribution < 1.29 is 14.7 Å². The summed E-state index contributed by atoms with van der Waals surface area (Å²) >= 11 is 0. The third-order valence-corrected chi connectivity index (χ3v) is 2.98. The summed E-state index contributed by atoms with van der Waals surface area (Å²) in [5.74, 6) is -1.30. The fraction of sp³-hybridized carbons (Fsp3) is 0.267. The van der Waals surface area contributed by atoms with E-state index in [0.29, 0.717) is 12.2 Å². The molecule has 0 radical (unpaired) electrons. The van der Waals surface area contributed by atoms with Crippen LogP contribution in [0.15, 0.2) is 42.6 Å². The normalized spacial score (nSPS) is 11.9. The van der Waals surface area contributed by atoms with E-state index in [4.69, 9.17) is 5.11 Å². The molecule has 1 heterocycles. The zero-order chi connectivity index (χ0) is 15.2. The van der Waals surface area contributed by atoms with Crippen molar-refractivity contribution in [3.05, 3.63) is 48.3 Å². The molecule has 1 aromatic heterocycles. The lowest BCUT2D eigenvalue weighted by atomic mass is 10.1. The molecule has 1 amide bonds. The maximum absolute atomic E-state index is 11.9. The van der Waals surface area contributed by atoms with Gasteiger partial charge in [-0.1, -0.05) is 25.1 Å². The number of carboxylic acids is 1. The van der Waals surface area contributed by atoms with E-state index in [0.717, 1.165) is 5.69 Å². The Kier molecular flexibility index (Phi) is 4.71. The Hall–Kier alpha value is -2.63. The van der Waals surface area contributed by atoms with Gasteiger partial charge in [-0.15, -0.1) is 0 Å². The highest BCUT2D eigenvalue weighted by Gasteiger charge is 2.13. The first-order chi connectivity index (χ1) is 10.1. The first-order valence-electron chi connectivity index (χ1n) is 6.67. The van der Waals surface area contributed by atoms with E-state index in [9.17, 15) is 9.59 Å². The summed E-state index contributed by atoms with van der Waals surface area (Å²) in [6.45, 7) is 2.08. The number of nitrogens with zero attached hydrogens (tertiary/aromatic N) is 2. The van der Waals surface area contributed by atoms with Crippen LogP contribution in [0, 0.1) is 5.92 Å². The Balaban J connectivity index is 1.95. The standard InChI is InChI=1S/C15H17N3O3/c1-11(9-14(19)20)10-16-15(21)13-7-8-18(17-13)12-5-3-2-4-6-12/h2-8,11H,9-10H2,1H3,(H,16,21)(H,19,20). The quantitative estimate of drug-likeness (QED) is 0.847. The van der Waals surface area contributed by atoms with E-state index in [1.165, 1.54) is 0 Å². The minimum Gasteiger partial charge on any atom is -0.481 e. The van der Waals surface area contributed by atoms with Gasteiger partial charge < -0.3 is 10.4 Å². The van der Waals surface area contributed by atoms with E-state index in [-0.39, 0.29) is 18.2 Å². The second kappa shape index (κ2) is 6.69. The van der Waals surface area contributed by atoms with Gasteiger partial charge in [0.2, 0.25) is 0 Å². The molecule has 0 fully saturated rings. The molecule has 0 bridgehead atoms. The third kappa shape index (κ3) is 4.17. The summed E-state index contributed by atoms with van der Waals surface area (Å²) in [5, 5.41) is 15.6. The summed E-state index contributed by atoms with van der Waals surface area (Å²) in [6, 6.07) is 11.1. The molecular formula is C15H17N3O3. The van der Waals surface area contributed by atoms with Gasteiger partial charge in [-0.2, -0.15) is 5.10 Å². The van der Waals surface area contributed by atoms with Crippen LogP contribution in [0.5, 0.6) is 0 Å². The molecule has 1 aromatic carbocycles. The number of para-hydroxylation sites is 1. The van der Waals surface area contributed by atoms with Gasteiger partial charge in [0.1, 0.15) is 0 Å². The number of amides is 1. The van der Waals surface area contributed by atoms with Crippen LogP contribution in [0.25, 0.3) is 5.69 Å². The predicted molar refractivity (Wildman–Crippen MR) is 77.3 cm³/mol. The first kappa shape index (κ1) is 14.8. The topological polar surface area (TPSA) is 84.2 Å². The number of carbonyl (C=O) groups excluding carboxylic acids is 1. The Labute approximate surface area is 122 Å². The third-order valence-electron chi connectivity index (χ3n) is 2.98. The molecule has 2 aromatic rings. The summed E-state index contributed by atoms with van der Waals surface area (Å²) < 4.78 is 1.62. The Morgan fingerprint density at radius 3 is 2.67 bits per heavy atom. The largest absolute Gasteiger partial charge is 0.481 e. The number of aliphatic carboxylic acids is 1. The summed E-state index contributed by atoms with van der Waals surface area (Å²) in [7, 11) is 0. The van der Waals surface area contributed by atoms with Gasteiger partial charge in [0, 0.05) is 19.2 Å². The molecule has 2 N–H and O–H groups in total. The van der Waals surface area contributed by atoms with Gasteiger partial charge in [0.15, 0.2) is 5.69 Å². The number of rotatable bonds is 6. The molecule has 1 atom stereocenters. The monoisotopic (exact) mass is 287 g/mol. The van der Waals surface area contributed by atoms with Crippen LogP contribution in [0.2, 0.25) is 0 Å². The average Bonchev–Trinajstić information content (AvgIpc) is 2.95. The molecule has 0 saturated heterocycles. The van der Waals surface area contributed by atoms with Gasteiger partial charge in [-0.3, -0.25) is 9.59 Å². The van der Waals surface area contributed by atoms with Crippen LogP contribution in [-0.4, -0.2) is 33.3 Å². The summed E-state index contributed by atoms with van der Waals surface area (Å²) in [4.78, 5) is 22.5. The molecule has 0 aliphatic rings. The maximum atomic E-state index is 11.9. The molecule has 0 aliphatic heterocycles. The van der Waals surface area contributed by atoms with Crippen molar-refractivity contribution in [3.63, 3.8) is 0 Å². The zero-order valence-electron chi connectivity index (χ0n) is 11.7. The minimum atomic E-state index is -0.870. The average molecular weight is 287 g/mol. The molecule has 0 saturated carbocycles. The number of hydrogen-bond donors (Lipinski definition) is 2. The van der Waals surface area contributed by atoms with Gasteiger partial charge in [0.05, 0.1) is 5.69 Å². The highest BCUT2D eigenvalue weighted by molar-refractivity contribution is 5.92. The highest BCUT2D eigenvalue weighted by atomic mass is 16.4. The van der Waals surface area contributed by atoms with E-state index in [1.807, 2.05) is 30.3 Å². The Morgan fingerprint density at radius 1 is 1.29 bits per heavy atom. The molecule has 0 spiro atoms. The molecule has 21 heavy (non-hydrogen) atoms. The van der Waals surface area contributed by atoms with Crippen molar-refractivity contribution in [1.29, 1.82) is 0 Å². The van der Waals surface area contributed by atoms with Gasteiger partial charge in [-0.25, -0.2) is 4.68 Å². The van der Waals surface area contributed by atoms with Crippen molar-refractivity contribution in [2.24, 2.45) is 5.92 Å². The number of aromatic nitrogens is 2. The number of hydrogen-bond acceptors (Lipinski definition) is 3. The summed E-state index contributed by atoms with van der Waals surface area (Å²) in [5.41, 5.74) is 1.18. The van der Waals surface area contributed by atoms with Crippen molar-refractivity contribution in [3.8, 4) is 5.69 Å². The predicted octanol–water partition coefficient (Wildman–Crippen LogP) is 1.71. The fourth-order valence-electron chi connectivity index (χ4n) is 1.90. The first-order valence-corrected chi connectivity index (χ1v) is 6.67. The van der Waals surface area contributed by atoms with Gasteiger partial charge in [-0.05, 0) is 24.1 Å². The van der Waals surface area contributed by atoms with E-state index >= 15 is 0 Å². The molecule has 1 unspecified atom stereocenters. The molecule has 2 rings (SSSR count). The van der Waals surface area contributed by atoms with Gasteiger partial charge in [0.25, 0.3) is 5.91 Å². The van der Waals surface area contributed by atoms with E-state index in [2.05, 4.69) is 10.4 Å². The van der Waals surface area contributed by atoms with Crippen LogP contribution in [0.3, 0.4) is 0 Å². The fourth-order valence-corrected chi connectivity index (χ4v) is 1.90. The second-order valence-corrected chi connectivity index (χ2v) is 4.89. The van der Waals surface area contributed by atoms with Crippen molar-refractivity contribution in [1.82, 2.24) is 15.1 Å². The lowest BCUT2D eigenvalue weighted by Crippen LogP contribution is -2.29. The van der Waals surface area contributed by atoms with E-state index in [1.54, 1.807) is 23.9 Å². The molecule has 6 heteroatoms. The number of nitrogens with one attached hydrogen (secondary N) is 1. The molecule has 0 aliphatic carbocycles. The van der Waals surface area contributed by atoms with Gasteiger partial charge >= 0.3 is 5.97 Å². The lowest BCUT2D eigenvalue weighted by Gasteiger charge is -2.09. The van der Waals surface area contributed by atoms with Crippen LogP contribution < -0.4 is 5.32 Å². The maximum Gasteiger partial charge on any atom is 0.303 e. The highest BCUT2D eigenvalue weighted by Crippen LogP contribution is 2.07. The molecular weight excluding hydrogens is 270 g/mol. The second-order valence-electron chi connectivity index (χ2n) is 4.89. The molecule has 110 valence electrons. The Bertz CT molecular complexity index is 622. The molecule has 6 nitrogen and oxygen atoms in total. The summed E-state index contributed by atoms with van der Waals surface area (Å²) in [6.07, 6.45) is 1.74. The van der Waals surface area contributed by atoms with Crippen molar-refractivity contribution in [2.75, 3.05) is 6.54 Å². The van der Waals surface area contributed by atoms with Crippen LogP contribution in [-0.2, 0) is 4.79 Å². The number of carboxylic acid groups (broad SMARTS) is 1. The van der Waals surface area contributed by atoms with Crippen LogP contribution in [0.1, 0.15) is 23.8 Å². The Morgan fingerprint density at radius 2 is 2.00 bits per heavy atom. The smallest absolute Gasteiger partial charge is 0.303 e. The zero-order valence-corrected chi connectivity index (χ0v) is 11.7. The minimum absolute atomic E-state index is 0.0265. The van der Waals surface area contributed by atoms with Crippen LogP contribution >= 0.6 is 0 Å². The SMILES string of the molecule is CC(CNC(=O)c1ccn(-c2ccccc2)n1)CC(=O)O. The lowest BCUT2D eigenvalue weighted by molar-refractivity contribution is -0.137. The van der Waals surface area contributed by atoms with Crippen molar-refractivity contribution in [2.45, 2.75) is 13.3 Å². The number of carbonyl (C=O) groups is 2. The number of benzene rings is 1. The van der Waals surface area contributed by atoms with E-state index < -0.39 is 5.97 Å². The van der Waals surface area contributed by atoms with Crippen LogP contribution in [0.4, 0.5) is 0 Å². The van der Waals surface area contributed by atoms with Crippen molar-refractivity contribution >= 4 is 11.9 Å².